The van der Waals surface area contributed by atoms with Crippen molar-refractivity contribution in [3.63, 3.8) is 0 Å². The van der Waals surface area contributed by atoms with Crippen LogP contribution in [0, 0.1) is 0 Å². The van der Waals surface area contributed by atoms with Crippen LogP contribution in [0.25, 0.3) is 5.69 Å². The van der Waals surface area contributed by atoms with E-state index in [4.69, 9.17) is 0 Å². The third kappa shape index (κ3) is 2.54. The Bertz CT molecular complexity index is 668. The van der Waals surface area contributed by atoms with Crippen LogP contribution in [-0.4, -0.2) is 24.8 Å². The van der Waals surface area contributed by atoms with Crippen LogP contribution < -0.4 is 5.32 Å². The fourth-order valence-corrected chi connectivity index (χ4v) is 2.04. The van der Waals surface area contributed by atoms with Crippen LogP contribution in [0.3, 0.4) is 0 Å². The highest BCUT2D eigenvalue weighted by Gasteiger charge is 2.07. The van der Waals surface area contributed by atoms with Gasteiger partial charge in [-0.25, -0.2) is 0 Å². The highest BCUT2D eigenvalue weighted by atomic mass is 15.5. The first-order valence-electron chi connectivity index (χ1n) is 6.44. The molecular formula is C14H16N6. The second-order valence-corrected chi connectivity index (χ2v) is 4.68. The smallest absolute Gasteiger partial charge is 0.0858 e. The molecule has 0 aliphatic rings. The highest BCUT2D eigenvalue weighted by molar-refractivity contribution is 5.49. The summed E-state index contributed by atoms with van der Waals surface area (Å²) in [5, 5.41) is 15.8. The van der Waals surface area contributed by atoms with E-state index in [0.717, 1.165) is 16.9 Å². The van der Waals surface area contributed by atoms with E-state index in [2.05, 4.69) is 27.5 Å². The molecule has 0 amide bonds. The summed E-state index contributed by atoms with van der Waals surface area (Å²) in [7, 11) is 1.92. The van der Waals surface area contributed by atoms with Gasteiger partial charge in [0.2, 0.25) is 0 Å². The normalized spacial score (nSPS) is 12.3. The number of aromatic nitrogens is 5. The standard InChI is InChI=1S/C14H16N6/c1-11(12-9-17-19(2)10-12)18-13-3-5-14(6-4-13)20-15-7-8-16-20/h3-11,18H,1-2H3. The molecule has 2 aromatic heterocycles. The second kappa shape index (κ2) is 5.16. The van der Waals surface area contributed by atoms with E-state index >= 15 is 0 Å². The quantitative estimate of drug-likeness (QED) is 0.787. The van der Waals surface area contributed by atoms with Gasteiger partial charge in [0.25, 0.3) is 0 Å². The zero-order chi connectivity index (χ0) is 13.9. The first-order chi connectivity index (χ1) is 9.72. The van der Waals surface area contributed by atoms with Gasteiger partial charge in [-0.2, -0.15) is 20.1 Å². The average Bonchev–Trinajstić information content (AvgIpc) is 3.10. The molecule has 0 fully saturated rings. The van der Waals surface area contributed by atoms with Crippen molar-refractivity contribution >= 4 is 5.69 Å². The van der Waals surface area contributed by atoms with E-state index in [9.17, 15) is 0 Å². The molecule has 3 aromatic rings. The van der Waals surface area contributed by atoms with Crippen LogP contribution in [-0.2, 0) is 7.05 Å². The van der Waals surface area contributed by atoms with Gasteiger partial charge in [-0.1, -0.05) is 0 Å². The van der Waals surface area contributed by atoms with Gasteiger partial charge in [0, 0.05) is 24.5 Å². The largest absolute Gasteiger partial charge is 0.378 e. The topological polar surface area (TPSA) is 60.6 Å². The molecule has 0 saturated carbocycles. The summed E-state index contributed by atoms with van der Waals surface area (Å²) in [5.74, 6) is 0. The Morgan fingerprint density at radius 3 is 2.35 bits per heavy atom. The van der Waals surface area contributed by atoms with Gasteiger partial charge in [0.1, 0.15) is 0 Å². The summed E-state index contributed by atoms with van der Waals surface area (Å²) in [6.45, 7) is 2.11. The molecular weight excluding hydrogens is 252 g/mol. The minimum Gasteiger partial charge on any atom is -0.378 e. The molecule has 3 rings (SSSR count). The number of rotatable bonds is 4. The number of aryl methyl sites for hydroxylation is 1. The van der Waals surface area contributed by atoms with Crippen molar-refractivity contribution in [3.8, 4) is 5.69 Å². The number of anilines is 1. The lowest BCUT2D eigenvalue weighted by atomic mass is 10.2. The third-order valence-corrected chi connectivity index (χ3v) is 3.13. The minimum atomic E-state index is 0.206. The molecule has 0 radical (unpaired) electrons. The summed E-state index contributed by atoms with van der Waals surface area (Å²) < 4.78 is 1.81. The number of nitrogens with zero attached hydrogens (tertiary/aromatic N) is 5. The summed E-state index contributed by atoms with van der Waals surface area (Å²) >= 11 is 0. The van der Waals surface area contributed by atoms with Gasteiger partial charge in [-0.15, -0.1) is 0 Å². The third-order valence-electron chi connectivity index (χ3n) is 3.13. The van der Waals surface area contributed by atoms with Crippen molar-refractivity contribution in [2.24, 2.45) is 7.05 Å². The fourth-order valence-electron chi connectivity index (χ4n) is 2.04. The Kier molecular flexibility index (Phi) is 3.20. The van der Waals surface area contributed by atoms with E-state index in [1.165, 1.54) is 0 Å². The fraction of sp³-hybridized carbons (Fsp3) is 0.214. The van der Waals surface area contributed by atoms with Gasteiger partial charge in [-0.3, -0.25) is 4.68 Å². The maximum Gasteiger partial charge on any atom is 0.0858 e. The van der Waals surface area contributed by atoms with Crippen molar-refractivity contribution in [1.29, 1.82) is 0 Å². The average molecular weight is 268 g/mol. The van der Waals surface area contributed by atoms with E-state index in [1.807, 2.05) is 43.7 Å². The van der Waals surface area contributed by atoms with Crippen LogP contribution in [0.2, 0.25) is 0 Å². The van der Waals surface area contributed by atoms with Crippen molar-refractivity contribution in [3.05, 3.63) is 54.6 Å². The van der Waals surface area contributed by atoms with Gasteiger partial charge < -0.3 is 5.32 Å². The molecule has 102 valence electrons. The maximum atomic E-state index is 4.18. The Hall–Kier alpha value is -2.63. The molecule has 0 aliphatic heterocycles. The van der Waals surface area contributed by atoms with Crippen LogP contribution in [0.15, 0.2) is 49.1 Å². The van der Waals surface area contributed by atoms with Crippen LogP contribution in [0.5, 0.6) is 0 Å². The second-order valence-electron chi connectivity index (χ2n) is 4.68. The van der Waals surface area contributed by atoms with Gasteiger partial charge in [0.05, 0.1) is 30.3 Å². The zero-order valence-electron chi connectivity index (χ0n) is 11.4. The van der Waals surface area contributed by atoms with E-state index in [1.54, 1.807) is 21.9 Å². The lowest BCUT2D eigenvalue weighted by Gasteiger charge is -2.13. The van der Waals surface area contributed by atoms with Crippen molar-refractivity contribution in [2.75, 3.05) is 5.32 Å². The monoisotopic (exact) mass is 268 g/mol. The molecule has 6 nitrogen and oxygen atoms in total. The number of hydrogen-bond acceptors (Lipinski definition) is 4. The predicted octanol–water partition coefficient (Wildman–Crippen LogP) is 2.17. The SMILES string of the molecule is CC(Nc1ccc(-n2nccn2)cc1)c1cnn(C)c1. The Balaban J connectivity index is 1.72. The first kappa shape index (κ1) is 12.4. The van der Waals surface area contributed by atoms with E-state index in [0.29, 0.717) is 0 Å². The van der Waals surface area contributed by atoms with Crippen molar-refractivity contribution < 1.29 is 0 Å². The molecule has 0 spiro atoms. The first-order valence-corrected chi connectivity index (χ1v) is 6.44. The Morgan fingerprint density at radius 2 is 1.75 bits per heavy atom. The number of hydrogen-bond donors (Lipinski definition) is 1. The van der Waals surface area contributed by atoms with Gasteiger partial charge in [0.15, 0.2) is 0 Å². The minimum absolute atomic E-state index is 0.206. The highest BCUT2D eigenvalue weighted by Crippen LogP contribution is 2.19. The maximum absolute atomic E-state index is 4.18. The molecule has 0 saturated heterocycles. The lowest BCUT2D eigenvalue weighted by Crippen LogP contribution is -2.06. The zero-order valence-corrected chi connectivity index (χ0v) is 11.4. The van der Waals surface area contributed by atoms with Crippen molar-refractivity contribution in [1.82, 2.24) is 24.8 Å². The molecule has 2 heterocycles. The summed E-state index contributed by atoms with van der Waals surface area (Å²) in [6.07, 6.45) is 7.21. The molecule has 0 bridgehead atoms. The molecule has 1 unspecified atom stereocenters. The van der Waals surface area contributed by atoms with Gasteiger partial charge >= 0.3 is 0 Å². The van der Waals surface area contributed by atoms with E-state index in [-0.39, 0.29) is 6.04 Å². The molecule has 1 N–H and O–H groups in total. The van der Waals surface area contributed by atoms with Crippen molar-refractivity contribution in [2.45, 2.75) is 13.0 Å². The molecule has 1 aromatic carbocycles. The number of nitrogens with one attached hydrogen (secondary N) is 1. The van der Waals surface area contributed by atoms with Gasteiger partial charge in [-0.05, 0) is 31.2 Å². The lowest BCUT2D eigenvalue weighted by molar-refractivity contribution is 0.752. The summed E-state index contributed by atoms with van der Waals surface area (Å²) in [6, 6.07) is 8.21. The van der Waals surface area contributed by atoms with Crippen LogP contribution >= 0.6 is 0 Å². The summed E-state index contributed by atoms with van der Waals surface area (Å²) in [4.78, 5) is 1.59. The predicted molar refractivity (Wildman–Crippen MR) is 76.6 cm³/mol. The molecule has 1 atom stereocenters. The molecule has 6 heteroatoms. The summed E-state index contributed by atoms with van der Waals surface area (Å²) in [5.41, 5.74) is 3.15. The Morgan fingerprint density at radius 1 is 1.05 bits per heavy atom. The molecule has 0 aliphatic carbocycles. The van der Waals surface area contributed by atoms with Crippen LogP contribution in [0.4, 0.5) is 5.69 Å². The number of benzene rings is 1. The van der Waals surface area contributed by atoms with Crippen LogP contribution in [0.1, 0.15) is 18.5 Å². The molecule has 20 heavy (non-hydrogen) atoms. The Labute approximate surface area is 117 Å². The van der Waals surface area contributed by atoms with E-state index < -0.39 is 0 Å².